The Morgan fingerprint density at radius 1 is 1.11 bits per heavy atom. The summed E-state index contributed by atoms with van der Waals surface area (Å²) in [6.45, 7) is 3.43. The average molecular weight is 382 g/mol. The number of carboxylic acids is 1. The number of ether oxygens (including phenoxy) is 1. The highest BCUT2D eigenvalue weighted by Gasteiger charge is 2.07. The molecule has 0 spiro atoms. The maximum Gasteiger partial charge on any atom is 0.322 e. The van der Waals surface area contributed by atoms with E-state index in [1.807, 2.05) is 38.1 Å². The van der Waals surface area contributed by atoms with Crippen molar-refractivity contribution in [2.24, 2.45) is 0 Å². The molecule has 0 fully saturated rings. The number of hydrogen-bond acceptors (Lipinski definition) is 4. The Kier molecular flexibility index (Phi) is 7.33. The number of carbonyl (C=O) groups excluding carboxylic acids is 2. The molecule has 0 unspecified atom stereocenters. The predicted molar refractivity (Wildman–Crippen MR) is 106 cm³/mol. The van der Waals surface area contributed by atoms with Gasteiger partial charge in [-0.25, -0.2) is 0 Å². The largest absolute Gasteiger partial charge is 0.491 e. The number of amides is 2. The van der Waals surface area contributed by atoms with Crippen LogP contribution in [0.3, 0.4) is 0 Å². The standard InChI is InChI=1S/C21H22N2O5/c1-14(2)28-18-5-3-4-15(12-18)6-11-19(24)23-17-9-7-16(8-10-17)21(27)22-13-20(25)26/h3-12,14H,13H2,1-2H3,(H,22,27)(H,23,24)(H,25,26)/b11-6+. The van der Waals surface area contributed by atoms with Crippen LogP contribution in [0.4, 0.5) is 5.69 Å². The van der Waals surface area contributed by atoms with Crippen molar-refractivity contribution in [3.63, 3.8) is 0 Å². The van der Waals surface area contributed by atoms with E-state index in [4.69, 9.17) is 9.84 Å². The zero-order chi connectivity index (χ0) is 20.5. The first-order valence-electron chi connectivity index (χ1n) is 8.69. The number of benzene rings is 2. The molecule has 2 rings (SSSR count). The van der Waals surface area contributed by atoms with E-state index in [1.165, 1.54) is 18.2 Å². The van der Waals surface area contributed by atoms with Gasteiger partial charge >= 0.3 is 5.97 Å². The van der Waals surface area contributed by atoms with Gasteiger partial charge in [0, 0.05) is 17.3 Å². The normalized spacial score (nSPS) is 10.7. The molecule has 0 aliphatic rings. The van der Waals surface area contributed by atoms with E-state index in [9.17, 15) is 14.4 Å². The lowest BCUT2D eigenvalue weighted by Gasteiger charge is -2.09. The molecule has 146 valence electrons. The minimum Gasteiger partial charge on any atom is -0.491 e. The highest BCUT2D eigenvalue weighted by atomic mass is 16.5. The van der Waals surface area contributed by atoms with Crippen LogP contribution < -0.4 is 15.4 Å². The summed E-state index contributed by atoms with van der Waals surface area (Å²) in [7, 11) is 0. The van der Waals surface area contributed by atoms with E-state index in [2.05, 4.69) is 10.6 Å². The third-order valence-electron chi connectivity index (χ3n) is 3.47. The molecule has 28 heavy (non-hydrogen) atoms. The van der Waals surface area contributed by atoms with Crippen molar-refractivity contribution in [3.8, 4) is 5.75 Å². The van der Waals surface area contributed by atoms with E-state index >= 15 is 0 Å². The fourth-order valence-corrected chi connectivity index (χ4v) is 2.28. The van der Waals surface area contributed by atoms with Gasteiger partial charge in [-0.1, -0.05) is 12.1 Å². The molecule has 0 aromatic heterocycles. The first kappa shape index (κ1) is 20.7. The van der Waals surface area contributed by atoms with Crippen molar-refractivity contribution in [1.82, 2.24) is 5.32 Å². The number of rotatable bonds is 8. The molecule has 0 saturated carbocycles. The van der Waals surface area contributed by atoms with Crippen molar-refractivity contribution in [3.05, 3.63) is 65.7 Å². The van der Waals surface area contributed by atoms with Crippen molar-refractivity contribution in [2.45, 2.75) is 20.0 Å². The summed E-state index contributed by atoms with van der Waals surface area (Å²) in [6.07, 6.45) is 3.15. The molecule has 2 aromatic rings. The highest BCUT2D eigenvalue weighted by Crippen LogP contribution is 2.16. The molecule has 7 nitrogen and oxygen atoms in total. The molecule has 7 heteroatoms. The van der Waals surface area contributed by atoms with Gasteiger partial charge in [-0.2, -0.15) is 0 Å². The summed E-state index contributed by atoms with van der Waals surface area (Å²) < 4.78 is 5.62. The molecule has 2 aromatic carbocycles. The lowest BCUT2D eigenvalue weighted by atomic mass is 10.2. The topological polar surface area (TPSA) is 105 Å². The minimum atomic E-state index is -1.12. The molecule has 2 amide bonds. The highest BCUT2D eigenvalue weighted by molar-refractivity contribution is 6.02. The molecule has 0 radical (unpaired) electrons. The summed E-state index contributed by atoms with van der Waals surface area (Å²) >= 11 is 0. The van der Waals surface area contributed by atoms with Crippen molar-refractivity contribution in [2.75, 3.05) is 11.9 Å². The Hall–Kier alpha value is -3.61. The van der Waals surface area contributed by atoms with Crippen LogP contribution in [-0.4, -0.2) is 35.5 Å². The smallest absolute Gasteiger partial charge is 0.322 e. The van der Waals surface area contributed by atoms with Crippen LogP contribution in [0.5, 0.6) is 5.75 Å². The van der Waals surface area contributed by atoms with Gasteiger partial charge in [0.1, 0.15) is 12.3 Å². The quantitative estimate of drug-likeness (QED) is 0.609. The summed E-state index contributed by atoms with van der Waals surface area (Å²) in [5.74, 6) is -1.21. The molecule has 0 bridgehead atoms. The number of anilines is 1. The van der Waals surface area contributed by atoms with Gasteiger partial charge < -0.3 is 20.5 Å². The molecule has 0 aliphatic carbocycles. The second kappa shape index (κ2) is 9.91. The molecular weight excluding hydrogens is 360 g/mol. The summed E-state index contributed by atoms with van der Waals surface area (Å²) in [5.41, 5.74) is 1.65. The average Bonchev–Trinajstić information content (AvgIpc) is 2.65. The molecule has 0 saturated heterocycles. The second-order valence-electron chi connectivity index (χ2n) is 6.22. The van der Waals surface area contributed by atoms with Gasteiger partial charge in [-0.15, -0.1) is 0 Å². The van der Waals surface area contributed by atoms with Gasteiger partial charge in [0.05, 0.1) is 6.10 Å². The Labute approximate surface area is 163 Å². The van der Waals surface area contributed by atoms with Gasteiger partial charge in [0.25, 0.3) is 5.91 Å². The van der Waals surface area contributed by atoms with Crippen LogP contribution in [0.25, 0.3) is 6.08 Å². The number of carbonyl (C=O) groups is 3. The third kappa shape index (κ3) is 6.95. The lowest BCUT2D eigenvalue weighted by Crippen LogP contribution is -2.29. The minimum absolute atomic E-state index is 0.0664. The van der Waals surface area contributed by atoms with Crippen LogP contribution in [-0.2, 0) is 9.59 Å². The number of nitrogens with one attached hydrogen (secondary N) is 2. The first-order chi connectivity index (χ1) is 13.3. The zero-order valence-electron chi connectivity index (χ0n) is 15.6. The summed E-state index contributed by atoms with van der Waals surface area (Å²) in [6, 6.07) is 13.5. The predicted octanol–water partition coefficient (Wildman–Crippen LogP) is 2.94. The summed E-state index contributed by atoms with van der Waals surface area (Å²) in [4.78, 5) is 34.3. The van der Waals surface area contributed by atoms with Gasteiger partial charge in [-0.05, 0) is 61.9 Å². The Bertz CT molecular complexity index is 873. The lowest BCUT2D eigenvalue weighted by molar-refractivity contribution is -0.135. The Balaban J connectivity index is 1.93. The van der Waals surface area contributed by atoms with E-state index in [0.717, 1.165) is 11.3 Å². The second-order valence-corrected chi connectivity index (χ2v) is 6.22. The Morgan fingerprint density at radius 2 is 1.82 bits per heavy atom. The molecule has 0 heterocycles. The van der Waals surface area contributed by atoms with Crippen molar-refractivity contribution >= 4 is 29.5 Å². The van der Waals surface area contributed by atoms with E-state index in [1.54, 1.807) is 18.2 Å². The fraction of sp³-hybridized carbons (Fsp3) is 0.190. The number of carboxylic acid groups (broad SMARTS) is 1. The number of aliphatic carboxylic acids is 1. The van der Waals surface area contributed by atoms with Crippen LogP contribution in [0.1, 0.15) is 29.8 Å². The van der Waals surface area contributed by atoms with Crippen LogP contribution >= 0.6 is 0 Å². The van der Waals surface area contributed by atoms with Gasteiger partial charge in [-0.3, -0.25) is 14.4 Å². The SMILES string of the molecule is CC(C)Oc1cccc(/C=C/C(=O)Nc2ccc(C(=O)NCC(=O)O)cc2)c1. The van der Waals surface area contributed by atoms with Gasteiger partial charge in [0.2, 0.25) is 5.91 Å². The molecule has 3 N–H and O–H groups in total. The van der Waals surface area contributed by atoms with E-state index in [0.29, 0.717) is 11.3 Å². The maximum absolute atomic E-state index is 12.1. The summed E-state index contributed by atoms with van der Waals surface area (Å²) in [5, 5.41) is 13.5. The fourth-order valence-electron chi connectivity index (χ4n) is 2.28. The number of hydrogen-bond donors (Lipinski definition) is 3. The van der Waals surface area contributed by atoms with Crippen LogP contribution in [0, 0.1) is 0 Å². The van der Waals surface area contributed by atoms with Crippen molar-refractivity contribution in [1.29, 1.82) is 0 Å². The van der Waals surface area contributed by atoms with Crippen LogP contribution in [0.2, 0.25) is 0 Å². The Morgan fingerprint density at radius 3 is 2.46 bits per heavy atom. The van der Waals surface area contributed by atoms with Crippen molar-refractivity contribution < 1.29 is 24.2 Å². The zero-order valence-corrected chi connectivity index (χ0v) is 15.6. The van der Waals surface area contributed by atoms with E-state index < -0.39 is 18.4 Å². The monoisotopic (exact) mass is 382 g/mol. The molecular formula is C21H22N2O5. The third-order valence-corrected chi connectivity index (χ3v) is 3.47. The van der Waals surface area contributed by atoms with Crippen LogP contribution in [0.15, 0.2) is 54.6 Å². The molecule has 0 aliphatic heterocycles. The maximum atomic E-state index is 12.1. The first-order valence-corrected chi connectivity index (χ1v) is 8.69. The van der Waals surface area contributed by atoms with Gasteiger partial charge in [0.15, 0.2) is 0 Å². The van der Waals surface area contributed by atoms with E-state index in [-0.39, 0.29) is 12.0 Å². The molecule has 0 atom stereocenters.